The van der Waals surface area contributed by atoms with Gasteiger partial charge in [-0.05, 0) is 48.8 Å². The zero-order valence-electron chi connectivity index (χ0n) is 16.3. The molecule has 0 spiro atoms. The molecule has 1 aliphatic carbocycles. The summed E-state index contributed by atoms with van der Waals surface area (Å²) in [7, 11) is 1.71. The lowest BCUT2D eigenvalue weighted by Gasteiger charge is -2.28. The van der Waals surface area contributed by atoms with Gasteiger partial charge in [0.25, 0.3) is 5.91 Å². The van der Waals surface area contributed by atoms with E-state index in [0.717, 1.165) is 57.0 Å². The minimum absolute atomic E-state index is 0.0619. The topological polar surface area (TPSA) is 72.3 Å². The highest BCUT2D eigenvalue weighted by molar-refractivity contribution is 5.91. The molecule has 2 aromatic rings. The monoisotopic (exact) mass is 381 g/mol. The molecule has 28 heavy (non-hydrogen) atoms. The van der Waals surface area contributed by atoms with Crippen LogP contribution in [0.4, 0.5) is 0 Å². The van der Waals surface area contributed by atoms with Gasteiger partial charge in [-0.3, -0.25) is 9.69 Å². The lowest BCUT2D eigenvalue weighted by molar-refractivity contribution is 0.0898. The van der Waals surface area contributed by atoms with E-state index in [9.17, 15) is 4.79 Å². The lowest BCUT2D eigenvalue weighted by Crippen LogP contribution is -2.41. The van der Waals surface area contributed by atoms with Crippen molar-refractivity contribution in [1.29, 1.82) is 0 Å². The summed E-state index contributed by atoms with van der Waals surface area (Å²) < 4.78 is 7.41. The molecule has 3 aliphatic rings. The molecule has 148 valence electrons. The van der Waals surface area contributed by atoms with Gasteiger partial charge in [-0.15, -0.1) is 10.2 Å². The zero-order valence-corrected chi connectivity index (χ0v) is 16.3. The maximum absolute atomic E-state index is 12.6. The van der Waals surface area contributed by atoms with Gasteiger partial charge in [0, 0.05) is 38.6 Å². The fraction of sp³-hybridized carbons (Fsp3) is 0.571. The number of hydrogen-bond donors (Lipinski definition) is 1. The molecule has 7 nitrogen and oxygen atoms in total. The van der Waals surface area contributed by atoms with E-state index in [1.165, 1.54) is 12.0 Å². The van der Waals surface area contributed by atoms with Crippen molar-refractivity contribution in [3.8, 4) is 5.75 Å². The van der Waals surface area contributed by atoms with Gasteiger partial charge in [0.2, 0.25) is 5.82 Å². The van der Waals surface area contributed by atoms with Crippen LogP contribution in [0, 0.1) is 11.8 Å². The van der Waals surface area contributed by atoms with Crippen LogP contribution in [-0.4, -0.2) is 51.8 Å². The molecule has 1 aromatic carbocycles. The Balaban J connectivity index is 1.25. The summed E-state index contributed by atoms with van der Waals surface area (Å²) >= 11 is 0. The Morgan fingerprint density at radius 3 is 2.86 bits per heavy atom. The summed E-state index contributed by atoms with van der Waals surface area (Å²) in [6, 6.07) is 8.62. The van der Waals surface area contributed by atoms with E-state index in [1.54, 1.807) is 7.11 Å². The third-order valence-corrected chi connectivity index (χ3v) is 6.53. The SMILES string of the molecule is COc1cccc(CN2C[C@H]3Cc4nnc(C(=O)NC5CCC5)n4C[C@H]3C2)c1. The van der Waals surface area contributed by atoms with Gasteiger partial charge in [-0.1, -0.05) is 12.1 Å². The molecule has 0 unspecified atom stereocenters. The summed E-state index contributed by atoms with van der Waals surface area (Å²) in [6.07, 6.45) is 4.27. The average molecular weight is 381 g/mol. The van der Waals surface area contributed by atoms with Crippen LogP contribution in [0.5, 0.6) is 5.75 Å². The molecule has 1 saturated heterocycles. The second kappa shape index (κ2) is 7.20. The van der Waals surface area contributed by atoms with Gasteiger partial charge >= 0.3 is 0 Å². The van der Waals surface area contributed by atoms with Gasteiger partial charge < -0.3 is 14.6 Å². The molecule has 0 bridgehead atoms. The highest BCUT2D eigenvalue weighted by Gasteiger charge is 2.39. The van der Waals surface area contributed by atoms with Gasteiger partial charge in [-0.2, -0.15) is 0 Å². The Morgan fingerprint density at radius 1 is 1.21 bits per heavy atom. The van der Waals surface area contributed by atoms with Crippen LogP contribution >= 0.6 is 0 Å². The van der Waals surface area contributed by atoms with E-state index in [1.807, 2.05) is 12.1 Å². The number of carbonyl (C=O) groups is 1. The molecule has 1 amide bonds. The van der Waals surface area contributed by atoms with Crippen molar-refractivity contribution >= 4 is 5.91 Å². The van der Waals surface area contributed by atoms with Gasteiger partial charge in [0.05, 0.1) is 7.11 Å². The van der Waals surface area contributed by atoms with Crippen molar-refractivity contribution < 1.29 is 9.53 Å². The normalized spacial score (nSPS) is 24.3. The summed E-state index contributed by atoms with van der Waals surface area (Å²) in [4.78, 5) is 15.1. The maximum atomic E-state index is 12.6. The van der Waals surface area contributed by atoms with E-state index in [2.05, 4.69) is 37.1 Å². The number of fused-ring (bicyclic) bond motifs is 2. The summed E-state index contributed by atoms with van der Waals surface area (Å²) in [5, 5.41) is 11.7. The molecule has 2 atom stereocenters. The second-order valence-electron chi connectivity index (χ2n) is 8.42. The average Bonchev–Trinajstić information content (AvgIpc) is 3.25. The summed E-state index contributed by atoms with van der Waals surface area (Å²) in [5.41, 5.74) is 1.28. The molecule has 1 saturated carbocycles. The predicted octanol–water partition coefficient (Wildman–Crippen LogP) is 1.87. The van der Waals surface area contributed by atoms with E-state index in [0.29, 0.717) is 23.7 Å². The van der Waals surface area contributed by atoms with Crippen molar-refractivity contribution in [2.24, 2.45) is 11.8 Å². The van der Waals surface area contributed by atoms with Crippen LogP contribution < -0.4 is 10.1 Å². The number of benzene rings is 1. The highest BCUT2D eigenvalue weighted by Crippen LogP contribution is 2.33. The second-order valence-corrected chi connectivity index (χ2v) is 8.42. The summed E-state index contributed by atoms with van der Waals surface area (Å²) in [6.45, 7) is 3.89. The molecule has 1 N–H and O–H groups in total. The number of nitrogens with zero attached hydrogens (tertiary/aromatic N) is 4. The molecule has 2 fully saturated rings. The number of ether oxygens (including phenoxy) is 1. The van der Waals surface area contributed by atoms with E-state index >= 15 is 0 Å². The zero-order chi connectivity index (χ0) is 19.1. The molecular formula is C21H27N5O2. The number of methoxy groups -OCH3 is 1. The van der Waals surface area contributed by atoms with E-state index in [4.69, 9.17) is 4.74 Å². The smallest absolute Gasteiger partial charge is 0.289 e. The molecule has 2 aliphatic heterocycles. The third kappa shape index (κ3) is 3.28. The van der Waals surface area contributed by atoms with Crippen LogP contribution in [0.2, 0.25) is 0 Å². The van der Waals surface area contributed by atoms with Crippen LogP contribution in [0.3, 0.4) is 0 Å². The number of amides is 1. The molecule has 3 heterocycles. The number of nitrogens with one attached hydrogen (secondary N) is 1. The van der Waals surface area contributed by atoms with Crippen molar-refractivity contribution in [1.82, 2.24) is 25.0 Å². The van der Waals surface area contributed by atoms with Crippen molar-refractivity contribution in [3.63, 3.8) is 0 Å². The molecule has 1 aromatic heterocycles. The largest absolute Gasteiger partial charge is 0.497 e. The Kier molecular flexibility index (Phi) is 4.55. The first-order chi connectivity index (χ1) is 13.7. The van der Waals surface area contributed by atoms with Gasteiger partial charge in [0.1, 0.15) is 11.6 Å². The van der Waals surface area contributed by atoms with Crippen LogP contribution in [0.25, 0.3) is 0 Å². The van der Waals surface area contributed by atoms with Gasteiger partial charge in [0.15, 0.2) is 0 Å². The quantitative estimate of drug-likeness (QED) is 0.856. The molecular weight excluding hydrogens is 354 g/mol. The fourth-order valence-electron chi connectivity index (χ4n) is 4.75. The number of aromatic nitrogens is 3. The summed E-state index contributed by atoms with van der Waals surface area (Å²) in [5.74, 6) is 3.43. The standard InChI is InChI=1S/C21H27N5O2/c1-28-18-7-2-4-14(8-18)10-25-11-15-9-19-23-24-20(26(19)13-16(15)12-25)21(27)22-17-5-3-6-17/h2,4,7-8,15-17H,3,5-6,9-13H2,1H3,(H,22,27)/t15-,16-/m1/s1. The van der Waals surface area contributed by atoms with Crippen LogP contribution in [0.15, 0.2) is 24.3 Å². The van der Waals surface area contributed by atoms with Gasteiger partial charge in [-0.25, -0.2) is 0 Å². The predicted molar refractivity (Wildman–Crippen MR) is 104 cm³/mol. The van der Waals surface area contributed by atoms with E-state index in [-0.39, 0.29) is 5.91 Å². The molecule has 5 rings (SSSR count). The first kappa shape index (κ1) is 17.7. The Bertz CT molecular complexity index is 875. The van der Waals surface area contributed by atoms with Crippen LogP contribution in [-0.2, 0) is 19.5 Å². The Morgan fingerprint density at radius 2 is 2.07 bits per heavy atom. The Hall–Kier alpha value is -2.41. The number of rotatable bonds is 5. The highest BCUT2D eigenvalue weighted by atomic mass is 16.5. The number of likely N-dealkylation sites (tertiary alicyclic amines) is 1. The number of carbonyl (C=O) groups excluding carboxylic acids is 1. The fourth-order valence-corrected chi connectivity index (χ4v) is 4.75. The van der Waals surface area contributed by atoms with Crippen molar-refractivity contribution in [2.45, 2.75) is 44.8 Å². The maximum Gasteiger partial charge on any atom is 0.289 e. The van der Waals surface area contributed by atoms with Crippen molar-refractivity contribution in [2.75, 3.05) is 20.2 Å². The van der Waals surface area contributed by atoms with Crippen LogP contribution in [0.1, 0.15) is 41.3 Å². The molecule has 0 radical (unpaired) electrons. The lowest BCUT2D eigenvalue weighted by atomic mass is 9.89. The Labute approximate surface area is 165 Å². The number of hydrogen-bond acceptors (Lipinski definition) is 5. The first-order valence-electron chi connectivity index (χ1n) is 10.3. The molecule has 7 heteroatoms. The minimum Gasteiger partial charge on any atom is -0.497 e. The minimum atomic E-state index is -0.0619. The third-order valence-electron chi connectivity index (χ3n) is 6.53. The van der Waals surface area contributed by atoms with E-state index < -0.39 is 0 Å². The first-order valence-corrected chi connectivity index (χ1v) is 10.3. The van der Waals surface area contributed by atoms with Crippen molar-refractivity contribution in [3.05, 3.63) is 41.5 Å².